The fraction of sp³-hybridized carbons (Fsp3) is 0.167. The van der Waals surface area contributed by atoms with Crippen LogP contribution in [0.3, 0.4) is 0 Å². The van der Waals surface area contributed by atoms with Gasteiger partial charge < -0.3 is 24.0 Å². The quantitative estimate of drug-likeness (QED) is 0.0640. The Morgan fingerprint density at radius 3 is 1.51 bits per heavy atom. The summed E-state index contributed by atoms with van der Waals surface area (Å²) < 4.78 is 121. The second kappa shape index (κ2) is 18.3. The summed E-state index contributed by atoms with van der Waals surface area (Å²) in [5.41, 5.74) is 6.67. The summed E-state index contributed by atoms with van der Waals surface area (Å²) in [7, 11) is -2.27. The maximum absolute atomic E-state index is 14.3. The van der Waals surface area contributed by atoms with E-state index in [0.717, 1.165) is 36.8 Å². The monoisotopic (exact) mass is 982 g/mol. The number of fused-ring (bicyclic) bond motifs is 2. The van der Waals surface area contributed by atoms with Crippen molar-refractivity contribution in [1.82, 2.24) is 0 Å². The largest absolute Gasteiger partial charge is 0.462 e. The standard InChI is InChI=1S/C18H14BrF2NO5S.C17H12BrF2NO3.CH3ClO2S/c1-3-26-18(23)16-11-7-12(19)14(22-28(2,24)25)8-15(11)27-17(16)10-5-4-9(20)6-13(10)21;1-2-23-17(22)15-10-6-11(18)13(21)7-14(10)24-16(15)9-4-3-8(19)5-12(9)20;1-5(2,3)4/h4-8,22H,3H2,1-2H3;3-7H,2,21H2,1H3;1H3. The predicted molar refractivity (Wildman–Crippen MR) is 214 cm³/mol. The third kappa shape index (κ3) is 11.5. The van der Waals surface area contributed by atoms with Gasteiger partial charge in [0.25, 0.3) is 0 Å². The molecule has 0 atom stereocenters. The van der Waals surface area contributed by atoms with Crippen LogP contribution in [-0.2, 0) is 28.5 Å². The van der Waals surface area contributed by atoms with Crippen molar-refractivity contribution in [3.05, 3.63) is 104 Å². The number of nitrogens with one attached hydrogen (secondary N) is 1. The van der Waals surface area contributed by atoms with E-state index < -0.39 is 54.3 Å². The Bertz CT molecular complexity index is 2740. The lowest BCUT2D eigenvalue weighted by molar-refractivity contribution is 0.0519. The second-order valence-electron chi connectivity index (χ2n) is 11.6. The second-order valence-corrected chi connectivity index (χ2v) is 18.1. The highest BCUT2D eigenvalue weighted by molar-refractivity contribution is 9.11. The lowest BCUT2D eigenvalue weighted by Gasteiger charge is -2.07. The molecule has 0 saturated carbocycles. The van der Waals surface area contributed by atoms with Crippen molar-refractivity contribution in [2.75, 3.05) is 36.2 Å². The van der Waals surface area contributed by atoms with Crippen LogP contribution in [-0.4, -0.2) is 54.5 Å². The summed E-state index contributed by atoms with van der Waals surface area (Å²) in [6.45, 7) is 3.49. The van der Waals surface area contributed by atoms with Gasteiger partial charge in [-0.05, 0) is 82.1 Å². The Labute approximate surface area is 344 Å². The van der Waals surface area contributed by atoms with Gasteiger partial charge in [-0.25, -0.2) is 44.0 Å². The van der Waals surface area contributed by atoms with E-state index in [1.54, 1.807) is 19.9 Å². The maximum atomic E-state index is 14.3. The van der Waals surface area contributed by atoms with Crippen LogP contribution in [0.4, 0.5) is 28.9 Å². The number of benzene rings is 4. The first kappa shape index (κ1) is 45.1. The molecule has 0 aliphatic rings. The van der Waals surface area contributed by atoms with Crippen LogP contribution in [0.1, 0.15) is 34.6 Å². The summed E-state index contributed by atoms with van der Waals surface area (Å²) >= 11 is 6.52. The molecular formula is C36H29Br2ClF4N2O10S2. The fourth-order valence-electron chi connectivity index (χ4n) is 5.07. The lowest BCUT2D eigenvalue weighted by atomic mass is 10.0. The predicted octanol–water partition coefficient (Wildman–Crippen LogP) is 9.77. The zero-order chi connectivity index (χ0) is 42.6. The van der Waals surface area contributed by atoms with Gasteiger partial charge in [-0.3, -0.25) is 4.72 Å². The number of esters is 2. The molecule has 304 valence electrons. The van der Waals surface area contributed by atoms with Gasteiger partial charge in [0.2, 0.25) is 19.1 Å². The van der Waals surface area contributed by atoms with Crippen molar-refractivity contribution >= 4 is 107 Å². The van der Waals surface area contributed by atoms with Crippen LogP contribution in [0.15, 0.2) is 78.4 Å². The third-order valence-corrected chi connectivity index (χ3v) is 9.12. The Morgan fingerprint density at radius 2 is 1.12 bits per heavy atom. The van der Waals surface area contributed by atoms with Gasteiger partial charge in [0, 0.05) is 60.4 Å². The number of ether oxygens (including phenoxy) is 2. The number of sulfonamides is 1. The van der Waals surface area contributed by atoms with E-state index in [9.17, 15) is 44.0 Å². The van der Waals surface area contributed by atoms with E-state index >= 15 is 0 Å². The zero-order valence-electron chi connectivity index (χ0n) is 29.8. The topological polar surface area (TPSA) is 185 Å². The summed E-state index contributed by atoms with van der Waals surface area (Å²) in [5.74, 6) is -4.85. The van der Waals surface area contributed by atoms with Gasteiger partial charge in [-0.2, -0.15) is 0 Å². The minimum absolute atomic E-state index is 0.0292. The number of anilines is 2. The molecule has 57 heavy (non-hydrogen) atoms. The first-order valence-corrected chi connectivity index (χ1v) is 22.1. The highest BCUT2D eigenvalue weighted by atomic mass is 79.9. The Kier molecular flexibility index (Phi) is 14.5. The van der Waals surface area contributed by atoms with Crippen molar-refractivity contribution in [2.45, 2.75) is 13.8 Å². The highest BCUT2D eigenvalue weighted by Crippen LogP contribution is 2.41. The van der Waals surface area contributed by atoms with Gasteiger partial charge in [0.05, 0.1) is 42.5 Å². The fourth-order valence-corrected chi connectivity index (χ4v) is 6.55. The van der Waals surface area contributed by atoms with Crippen LogP contribution in [0.2, 0.25) is 0 Å². The van der Waals surface area contributed by atoms with Gasteiger partial charge in [-0.1, -0.05) is 0 Å². The van der Waals surface area contributed by atoms with Crippen molar-refractivity contribution in [3.8, 4) is 22.6 Å². The Morgan fingerprint density at radius 1 is 0.719 bits per heavy atom. The summed E-state index contributed by atoms with van der Waals surface area (Å²) in [5, 5.41) is 0.705. The minimum atomic E-state index is -3.58. The number of hydrogen-bond donors (Lipinski definition) is 2. The summed E-state index contributed by atoms with van der Waals surface area (Å²) in [6, 6.07) is 11.8. The lowest BCUT2D eigenvalue weighted by Crippen LogP contribution is -2.10. The molecule has 0 amide bonds. The average Bonchev–Trinajstić information content (AvgIpc) is 3.62. The van der Waals surface area contributed by atoms with Crippen LogP contribution in [0, 0.1) is 23.3 Å². The van der Waals surface area contributed by atoms with E-state index in [1.165, 1.54) is 24.3 Å². The number of halogens is 7. The van der Waals surface area contributed by atoms with Gasteiger partial charge >= 0.3 is 11.9 Å². The molecule has 2 aromatic heterocycles. The number of nitrogens with two attached hydrogens (primary N) is 1. The summed E-state index contributed by atoms with van der Waals surface area (Å²) in [6.07, 6.45) is 1.91. The average molecular weight is 985 g/mol. The number of carbonyl (C=O) groups is 2. The molecule has 0 bridgehead atoms. The molecule has 12 nitrogen and oxygen atoms in total. The smallest absolute Gasteiger partial charge is 0.342 e. The van der Waals surface area contributed by atoms with E-state index in [-0.39, 0.29) is 63.6 Å². The van der Waals surface area contributed by atoms with Crippen molar-refractivity contribution in [3.63, 3.8) is 0 Å². The zero-order valence-corrected chi connectivity index (χ0v) is 35.4. The van der Waals surface area contributed by atoms with E-state index in [4.69, 9.17) is 24.0 Å². The first-order valence-electron chi connectivity index (χ1n) is 15.9. The SMILES string of the molecule is CCOC(=O)c1c(-c2ccc(F)cc2F)oc2cc(N)c(Br)cc12.CCOC(=O)c1c(-c2ccc(F)cc2F)oc2cc(NS(C)(=O)=O)c(Br)cc12.CS(=O)(=O)Cl. The van der Waals surface area contributed by atoms with Crippen molar-refractivity contribution < 1.29 is 62.3 Å². The normalized spacial score (nSPS) is 11.4. The molecule has 2 heterocycles. The van der Waals surface area contributed by atoms with Crippen LogP contribution >= 0.6 is 42.5 Å². The number of hydrogen-bond acceptors (Lipinski definition) is 11. The van der Waals surface area contributed by atoms with Crippen molar-refractivity contribution in [2.24, 2.45) is 0 Å². The molecule has 4 aromatic carbocycles. The van der Waals surface area contributed by atoms with Crippen molar-refractivity contribution in [1.29, 1.82) is 0 Å². The van der Waals surface area contributed by atoms with Crippen LogP contribution in [0.25, 0.3) is 44.6 Å². The Hall–Kier alpha value is -4.63. The molecule has 21 heteroatoms. The van der Waals surface area contributed by atoms with Crippen LogP contribution < -0.4 is 10.5 Å². The summed E-state index contributed by atoms with van der Waals surface area (Å²) in [4.78, 5) is 24.9. The number of furan rings is 2. The molecular weight excluding hydrogens is 956 g/mol. The van der Waals surface area contributed by atoms with E-state index in [2.05, 4.69) is 47.3 Å². The molecule has 0 fully saturated rings. The first-order chi connectivity index (χ1) is 26.5. The molecule has 0 aliphatic carbocycles. The third-order valence-electron chi connectivity index (χ3n) is 7.19. The molecule has 6 rings (SSSR count). The number of rotatable bonds is 8. The van der Waals surface area contributed by atoms with Crippen LogP contribution in [0.5, 0.6) is 0 Å². The maximum Gasteiger partial charge on any atom is 0.342 e. The Balaban J connectivity index is 0.000000228. The molecule has 0 aliphatic heterocycles. The van der Waals surface area contributed by atoms with Gasteiger partial charge in [0.15, 0.2) is 11.5 Å². The van der Waals surface area contributed by atoms with E-state index in [1.807, 2.05) is 0 Å². The molecule has 0 unspecified atom stereocenters. The number of nitrogen functional groups attached to an aromatic ring is 1. The molecule has 0 radical (unpaired) electrons. The number of carbonyl (C=O) groups excluding carboxylic acids is 2. The highest BCUT2D eigenvalue weighted by Gasteiger charge is 2.28. The van der Waals surface area contributed by atoms with Gasteiger partial charge in [0.1, 0.15) is 45.6 Å². The van der Waals surface area contributed by atoms with E-state index in [0.29, 0.717) is 31.7 Å². The van der Waals surface area contributed by atoms with Gasteiger partial charge in [-0.15, -0.1) is 0 Å². The minimum Gasteiger partial charge on any atom is -0.462 e. The molecule has 0 spiro atoms. The molecule has 6 aromatic rings. The molecule has 3 N–H and O–H groups in total. The molecule has 0 saturated heterocycles.